The summed E-state index contributed by atoms with van der Waals surface area (Å²) >= 11 is 0. The molecular formula is C28H61N7O12. The van der Waals surface area contributed by atoms with E-state index in [4.69, 9.17) is 65.7 Å². The van der Waals surface area contributed by atoms with Crippen molar-refractivity contribution >= 4 is 35.8 Å². The average molecular weight is 688 g/mol. The molecule has 0 heterocycles. The predicted octanol–water partition coefficient (Wildman–Crippen LogP) is -1.63. The van der Waals surface area contributed by atoms with E-state index in [9.17, 15) is 28.8 Å². The second kappa shape index (κ2) is 31.2. The lowest BCUT2D eigenvalue weighted by atomic mass is 10.0. The van der Waals surface area contributed by atoms with Gasteiger partial charge in [0, 0.05) is 0 Å². The van der Waals surface area contributed by atoms with E-state index < -0.39 is 72.1 Å². The molecule has 0 unspecified atom stereocenters. The first-order valence-electron chi connectivity index (χ1n) is 14.9. The van der Waals surface area contributed by atoms with Gasteiger partial charge in [0.15, 0.2) is 0 Å². The van der Waals surface area contributed by atoms with Crippen molar-refractivity contribution in [1.82, 2.24) is 0 Å². The first kappa shape index (κ1) is 53.0. The summed E-state index contributed by atoms with van der Waals surface area (Å²) in [5, 5.41) is 41.1. The Hall–Kier alpha value is -3.46. The molecule has 0 aliphatic heterocycles. The summed E-state index contributed by atoms with van der Waals surface area (Å²) in [5.41, 5.74) is 36.3. The van der Waals surface area contributed by atoms with E-state index in [0.717, 1.165) is 19.3 Å². The lowest BCUT2D eigenvalue weighted by molar-refractivity contribution is -0.150. The summed E-state index contributed by atoms with van der Waals surface area (Å²) < 4.78 is 4.68. The third-order valence-electron chi connectivity index (χ3n) is 5.93. The number of carboxylic acids is 5. The fraction of sp³-hybridized carbons (Fsp3) is 0.786. The third kappa shape index (κ3) is 35.2. The lowest BCUT2D eigenvalue weighted by Crippen LogP contribution is -2.42. The molecule has 280 valence electrons. The SMILES string of the molecule is CC(C)[C@H](N)C(=O)O.CC(C)[C@H](N)C(=O)O.CC[C@H](C)[C@H](N)C(=O)OC[C@H](N)C(=O)O.C[C@H](N)C(=O)O.NCCCC[C@H](N)C(=O)O. The molecule has 0 aromatic rings. The van der Waals surface area contributed by atoms with Crippen molar-refractivity contribution in [2.45, 2.75) is 110 Å². The van der Waals surface area contributed by atoms with Gasteiger partial charge < -0.3 is 70.4 Å². The molecule has 47 heavy (non-hydrogen) atoms. The summed E-state index contributed by atoms with van der Waals surface area (Å²) in [7, 11) is 0. The highest BCUT2D eigenvalue weighted by molar-refractivity contribution is 5.77. The van der Waals surface area contributed by atoms with E-state index in [0.29, 0.717) is 13.0 Å². The van der Waals surface area contributed by atoms with Crippen LogP contribution in [-0.2, 0) is 33.5 Å². The first-order chi connectivity index (χ1) is 21.3. The molecule has 19 nitrogen and oxygen atoms in total. The molecular weight excluding hydrogens is 626 g/mol. The van der Waals surface area contributed by atoms with Gasteiger partial charge in [0.1, 0.15) is 42.9 Å². The Kier molecular flexibility index (Phi) is 35.2. The molecule has 0 spiro atoms. The topological polar surface area (TPSA) is 395 Å². The molecule has 0 bridgehead atoms. The molecule has 0 aromatic heterocycles. The second-order valence-electron chi connectivity index (χ2n) is 11.1. The summed E-state index contributed by atoms with van der Waals surface area (Å²) in [6, 6.07) is -4.80. The zero-order valence-electron chi connectivity index (χ0n) is 28.6. The summed E-state index contributed by atoms with van der Waals surface area (Å²) in [6.07, 6.45) is 2.92. The Balaban J connectivity index is -0.000000163. The molecule has 0 saturated carbocycles. The average Bonchev–Trinajstić information content (AvgIpc) is 2.98. The number of aliphatic carboxylic acids is 5. The summed E-state index contributed by atoms with van der Waals surface area (Å²) in [5.74, 6) is -5.54. The van der Waals surface area contributed by atoms with Crippen LogP contribution in [0.15, 0.2) is 0 Å². The van der Waals surface area contributed by atoms with Crippen LogP contribution in [0.25, 0.3) is 0 Å². The summed E-state index contributed by atoms with van der Waals surface area (Å²) in [6.45, 7) is 12.5. The van der Waals surface area contributed by atoms with Crippen molar-refractivity contribution in [3.05, 3.63) is 0 Å². The fourth-order valence-electron chi connectivity index (χ4n) is 2.03. The van der Waals surface area contributed by atoms with E-state index in [2.05, 4.69) is 4.74 Å². The fourth-order valence-corrected chi connectivity index (χ4v) is 2.03. The number of rotatable bonds is 16. The minimum atomic E-state index is -1.21. The van der Waals surface area contributed by atoms with Gasteiger partial charge in [-0.25, -0.2) is 0 Å². The van der Waals surface area contributed by atoms with Crippen LogP contribution < -0.4 is 40.1 Å². The Morgan fingerprint density at radius 3 is 1.15 bits per heavy atom. The maximum atomic E-state index is 11.3. The Labute approximate surface area is 276 Å². The number of hydrogen-bond acceptors (Lipinski definition) is 14. The number of nitrogens with two attached hydrogens (primary N) is 7. The van der Waals surface area contributed by atoms with Crippen molar-refractivity contribution < 1.29 is 59.0 Å². The van der Waals surface area contributed by atoms with Gasteiger partial charge in [-0.3, -0.25) is 28.8 Å². The van der Waals surface area contributed by atoms with Crippen LogP contribution >= 0.6 is 0 Å². The zero-order valence-corrected chi connectivity index (χ0v) is 28.6. The number of esters is 1. The van der Waals surface area contributed by atoms with Crippen LogP contribution in [0.1, 0.15) is 74.1 Å². The highest BCUT2D eigenvalue weighted by Crippen LogP contribution is 2.06. The molecule has 0 rings (SSSR count). The Morgan fingerprint density at radius 1 is 0.574 bits per heavy atom. The minimum Gasteiger partial charge on any atom is -0.480 e. The van der Waals surface area contributed by atoms with Crippen LogP contribution in [0.5, 0.6) is 0 Å². The largest absolute Gasteiger partial charge is 0.480 e. The van der Waals surface area contributed by atoms with Gasteiger partial charge in [-0.05, 0) is 44.1 Å². The molecule has 0 saturated heterocycles. The first-order valence-corrected chi connectivity index (χ1v) is 14.9. The molecule has 0 aliphatic rings. The van der Waals surface area contributed by atoms with Gasteiger partial charge in [0.25, 0.3) is 0 Å². The van der Waals surface area contributed by atoms with Crippen molar-refractivity contribution in [2.24, 2.45) is 57.9 Å². The molecule has 19 heteroatoms. The number of carboxylic acid groups (broad SMARTS) is 5. The van der Waals surface area contributed by atoms with Crippen LogP contribution in [0, 0.1) is 17.8 Å². The third-order valence-corrected chi connectivity index (χ3v) is 5.93. The van der Waals surface area contributed by atoms with Crippen LogP contribution in [0.2, 0.25) is 0 Å². The maximum absolute atomic E-state index is 11.3. The highest BCUT2D eigenvalue weighted by atomic mass is 16.5. The van der Waals surface area contributed by atoms with Gasteiger partial charge in [-0.1, -0.05) is 54.4 Å². The van der Waals surface area contributed by atoms with E-state index in [1.165, 1.54) is 6.92 Å². The number of ether oxygens (including phenoxy) is 1. The maximum Gasteiger partial charge on any atom is 0.324 e. The Bertz CT molecular complexity index is 868. The van der Waals surface area contributed by atoms with E-state index in [1.54, 1.807) is 27.7 Å². The van der Waals surface area contributed by atoms with Crippen LogP contribution in [0.4, 0.5) is 0 Å². The van der Waals surface area contributed by atoms with Gasteiger partial charge >= 0.3 is 35.8 Å². The van der Waals surface area contributed by atoms with E-state index in [1.807, 2.05) is 13.8 Å². The number of hydrogen-bond donors (Lipinski definition) is 12. The summed E-state index contributed by atoms with van der Waals surface area (Å²) in [4.78, 5) is 61.3. The lowest BCUT2D eigenvalue weighted by Gasteiger charge is -2.17. The highest BCUT2D eigenvalue weighted by Gasteiger charge is 2.23. The molecule has 0 fully saturated rings. The van der Waals surface area contributed by atoms with Crippen molar-refractivity contribution in [1.29, 1.82) is 0 Å². The number of carbonyl (C=O) groups excluding carboxylic acids is 1. The normalized spacial score (nSPS) is 14.6. The standard InChI is InChI=1S/C9H18N2O4.C6H14N2O2.2C5H11NO2.C3H7NO2/c1-3-5(2)7(11)9(14)15-4-6(10)8(12)13;7-4-2-1-3-5(8)6(9)10;2*1-3(2)4(6)5(7)8;1-2(4)3(5)6/h5-7H,3-4,10-11H2,1-2H3,(H,12,13);5H,1-4,7-8H2,(H,9,10);2*3-4H,6H2,1-2H3,(H,7,8);2H,4H2,1H3,(H,5,6)/t5-,6-,7-;5-;2*4-;2-/m00000/s1. The van der Waals surface area contributed by atoms with Crippen LogP contribution in [0.3, 0.4) is 0 Å². The monoisotopic (exact) mass is 687 g/mol. The quantitative estimate of drug-likeness (QED) is 0.0639. The Morgan fingerprint density at radius 2 is 0.936 bits per heavy atom. The van der Waals surface area contributed by atoms with Gasteiger partial charge in [0.2, 0.25) is 0 Å². The molecule has 19 N–H and O–H groups in total. The molecule has 0 radical (unpaired) electrons. The zero-order chi connectivity index (χ0) is 38.6. The minimum absolute atomic E-state index is 0.00134. The number of carbonyl (C=O) groups is 6. The van der Waals surface area contributed by atoms with E-state index >= 15 is 0 Å². The van der Waals surface area contributed by atoms with Gasteiger partial charge in [0.05, 0.1) is 0 Å². The molecule has 0 aromatic carbocycles. The smallest absolute Gasteiger partial charge is 0.324 e. The van der Waals surface area contributed by atoms with Crippen LogP contribution in [-0.4, -0.2) is 111 Å². The van der Waals surface area contributed by atoms with Crippen molar-refractivity contribution in [3.8, 4) is 0 Å². The van der Waals surface area contributed by atoms with Gasteiger partial charge in [-0.2, -0.15) is 0 Å². The number of unbranched alkanes of at least 4 members (excludes halogenated alkanes) is 1. The molecule has 0 amide bonds. The molecule has 0 aliphatic carbocycles. The van der Waals surface area contributed by atoms with Gasteiger partial charge in [-0.15, -0.1) is 0 Å². The van der Waals surface area contributed by atoms with Crippen molar-refractivity contribution in [2.75, 3.05) is 13.2 Å². The second-order valence-corrected chi connectivity index (χ2v) is 11.1. The molecule has 7 atom stereocenters. The predicted molar refractivity (Wildman–Crippen MR) is 175 cm³/mol. The van der Waals surface area contributed by atoms with E-state index in [-0.39, 0.29) is 24.4 Å². The van der Waals surface area contributed by atoms with Crippen molar-refractivity contribution in [3.63, 3.8) is 0 Å².